The number of rotatable bonds is 10. The van der Waals surface area contributed by atoms with Gasteiger partial charge in [0.25, 0.3) is 0 Å². The molecule has 3 rings (SSSR count). The SMILES string of the molecule is COc1ccc(C)cc1N(CC(=O)N(Cc1ccc(Br)cc1)[C@H](C)C(=O)NC1CCCC1)S(C)(=O)=O. The van der Waals surface area contributed by atoms with E-state index in [0.29, 0.717) is 5.75 Å². The predicted molar refractivity (Wildman–Crippen MR) is 144 cm³/mol. The van der Waals surface area contributed by atoms with E-state index in [1.807, 2.05) is 31.2 Å². The van der Waals surface area contributed by atoms with Gasteiger partial charge >= 0.3 is 0 Å². The molecule has 2 aromatic rings. The van der Waals surface area contributed by atoms with Crippen LogP contribution in [-0.2, 0) is 26.2 Å². The molecule has 10 heteroatoms. The van der Waals surface area contributed by atoms with Crippen LogP contribution >= 0.6 is 15.9 Å². The van der Waals surface area contributed by atoms with E-state index in [4.69, 9.17) is 4.74 Å². The Balaban J connectivity index is 1.92. The molecule has 196 valence electrons. The number of sulfonamides is 1. The Morgan fingerprint density at radius 1 is 1.14 bits per heavy atom. The first kappa shape index (κ1) is 28.0. The topological polar surface area (TPSA) is 96.0 Å². The predicted octanol–water partition coefficient (Wildman–Crippen LogP) is 4.01. The summed E-state index contributed by atoms with van der Waals surface area (Å²) in [6, 6.07) is 11.9. The first-order valence-electron chi connectivity index (χ1n) is 12.0. The Bertz CT molecular complexity index is 1180. The lowest BCUT2D eigenvalue weighted by atomic mass is 10.1. The number of ether oxygens (including phenoxy) is 1. The number of halogens is 1. The molecule has 1 aliphatic carbocycles. The Morgan fingerprint density at radius 3 is 2.36 bits per heavy atom. The maximum atomic E-state index is 13.7. The summed E-state index contributed by atoms with van der Waals surface area (Å²) in [5.74, 6) is -0.391. The van der Waals surface area contributed by atoms with Crippen molar-refractivity contribution < 1.29 is 22.7 Å². The van der Waals surface area contributed by atoms with Gasteiger partial charge in [0, 0.05) is 17.1 Å². The fourth-order valence-corrected chi connectivity index (χ4v) is 5.46. The highest BCUT2D eigenvalue weighted by Crippen LogP contribution is 2.31. The van der Waals surface area contributed by atoms with E-state index >= 15 is 0 Å². The van der Waals surface area contributed by atoms with Crippen molar-refractivity contribution in [1.29, 1.82) is 0 Å². The molecule has 0 radical (unpaired) electrons. The van der Waals surface area contributed by atoms with Gasteiger partial charge in [-0.3, -0.25) is 13.9 Å². The molecule has 8 nitrogen and oxygen atoms in total. The molecule has 0 aromatic heterocycles. The van der Waals surface area contributed by atoms with E-state index in [1.165, 1.54) is 12.0 Å². The zero-order valence-electron chi connectivity index (χ0n) is 21.2. The van der Waals surface area contributed by atoms with Crippen molar-refractivity contribution in [2.75, 3.05) is 24.2 Å². The van der Waals surface area contributed by atoms with Crippen LogP contribution in [0.15, 0.2) is 46.9 Å². The van der Waals surface area contributed by atoms with Gasteiger partial charge in [0.05, 0.1) is 19.1 Å². The van der Waals surface area contributed by atoms with Gasteiger partial charge in [-0.1, -0.05) is 47.0 Å². The van der Waals surface area contributed by atoms with Crippen molar-refractivity contribution in [2.45, 2.75) is 58.2 Å². The van der Waals surface area contributed by atoms with Crippen molar-refractivity contribution in [2.24, 2.45) is 0 Å². The van der Waals surface area contributed by atoms with Crippen LogP contribution in [0.4, 0.5) is 5.69 Å². The molecule has 0 aliphatic heterocycles. The summed E-state index contributed by atoms with van der Waals surface area (Å²) in [5, 5.41) is 3.06. The number of hydrogen-bond donors (Lipinski definition) is 1. The highest BCUT2D eigenvalue weighted by molar-refractivity contribution is 9.10. The fraction of sp³-hybridized carbons (Fsp3) is 0.462. The lowest BCUT2D eigenvalue weighted by molar-refractivity contribution is -0.139. The van der Waals surface area contributed by atoms with E-state index in [2.05, 4.69) is 21.2 Å². The highest BCUT2D eigenvalue weighted by Gasteiger charge is 2.32. The lowest BCUT2D eigenvalue weighted by Gasteiger charge is -2.32. The molecule has 0 spiro atoms. The number of nitrogens with zero attached hydrogens (tertiary/aromatic N) is 2. The Hall–Kier alpha value is -2.59. The maximum Gasteiger partial charge on any atom is 0.244 e. The molecule has 1 N–H and O–H groups in total. The second-order valence-electron chi connectivity index (χ2n) is 9.26. The van der Waals surface area contributed by atoms with Crippen molar-refractivity contribution in [1.82, 2.24) is 10.2 Å². The van der Waals surface area contributed by atoms with Crippen LogP contribution in [0.25, 0.3) is 0 Å². The monoisotopic (exact) mass is 579 g/mol. The van der Waals surface area contributed by atoms with Crippen molar-refractivity contribution in [3.05, 3.63) is 58.1 Å². The molecular formula is C26H34BrN3O5S. The molecule has 1 fully saturated rings. The number of amides is 2. The maximum absolute atomic E-state index is 13.7. The first-order chi connectivity index (χ1) is 17.0. The summed E-state index contributed by atoms with van der Waals surface area (Å²) in [6.45, 7) is 3.21. The number of aryl methyl sites for hydroxylation is 1. The average molecular weight is 581 g/mol. The van der Waals surface area contributed by atoms with Crippen LogP contribution in [0.2, 0.25) is 0 Å². The Labute approximate surface area is 222 Å². The van der Waals surface area contributed by atoms with E-state index in [-0.39, 0.29) is 24.2 Å². The summed E-state index contributed by atoms with van der Waals surface area (Å²) in [4.78, 5) is 28.3. The van der Waals surface area contributed by atoms with E-state index in [9.17, 15) is 18.0 Å². The number of carbonyl (C=O) groups is 2. The number of hydrogen-bond acceptors (Lipinski definition) is 5. The fourth-order valence-electron chi connectivity index (χ4n) is 4.35. The van der Waals surface area contributed by atoms with Gasteiger partial charge in [0.15, 0.2) is 0 Å². The summed E-state index contributed by atoms with van der Waals surface area (Å²) < 4.78 is 32.9. The van der Waals surface area contributed by atoms with Crippen LogP contribution in [0.3, 0.4) is 0 Å². The number of carbonyl (C=O) groups excluding carboxylic acids is 2. The zero-order chi connectivity index (χ0) is 26.5. The molecule has 0 bridgehead atoms. The minimum Gasteiger partial charge on any atom is -0.495 e. The van der Waals surface area contributed by atoms with Gasteiger partial charge in [-0.05, 0) is 62.1 Å². The quantitative estimate of drug-likeness (QED) is 0.459. The summed E-state index contributed by atoms with van der Waals surface area (Å²) in [6.07, 6.45) is 5.05. The van der Waals surface area contributed by atoms with Crippen molar-refractivity contribution in [3.63, 3.8) is 0 Å². The smallest absolute Gasteiger partial charge is 0.244 e. The van der Waals surface area contributed by atoms with Crippen LogP contribution in [0.5, 0.6) is 5.75 Å². The first-order valence-corrected chi connectivity index (χ1v) is 14.6. The average Bonchev–Trinajstić information content (AvgIpc) is 3.33. The standard InChI is InChI=1S/C26H34BrN3O5S/c1-18-9-14-24(35-3)23(15-18)30(36(4,33)34)17-25(31)29(16-20-10-12-21(27)13-11-20)19(2)26(32)28-22-7-5-6-8-22/h9-15,19,22H,5-8,16-17H2,1-4H3,(H,28,32)/t19-/m1/s1. The molecule has 0 unspecified atom stereocenters. The molecule has 1 atom stereocenters. The van der Waals surface area contributed by atoms with Gasteiger partial charge in [-0.2, -0.15) is 0 Å². The second-order valence-corrected chi connectivity index (χ2v) is 12.1. The molecule has 1 aliphatic rings. The highest BCUT2D eigenvalue weighted by atomic mass is 79.9. The number of benzene rings is 2. The second kappa shape index (κ2) is 12.1. The third-order valence-corrected chi connectivity index (χ3v) is 8.07. The van der Waals surface area contributed by atoms with E-state index < -0.39 is 28.5 Å². The van der Waals surface area contributed by atoms with E-state index in [0.717, 1.165) is 51.8 Å². The summed E-state index contributed by atoms with van der Waals surface area (Å²) in [7, 11) is -2.39. The summed E-state index contributed by atoms with van der Waals surface area (Å²) in [5.41, 5.74) is 1.93. The third kappa shape index (κ3) is 7.22. The largest absolute Gasteiger partial charge is 0.495 e. The lowest BCUT2D eigenvalue weighted by Crippen LogP contribution is -2.52. The minimum absolute atomic E-state index is 0.105. The van der Waals surface area contributed by atoms with Gasteiger partial charge in [0.2, 0.25) is 21.8 Å². The molecule has 2 amide bonds. The van der Waals surface area contributed by atoms with Crippen LogP contribution in [-0.4, -0.2) is 57.1 Å². The summed E-state index contributed by atoms with van der Waals surface area (Å²) >= 11 is 3.41. The Morgan fingerprint density at radius 2 is 1.78 bits per heavy atom. The third-order valence-electron chi connectivity index (χ3n) is 6.42. The zero-order valence-corrected chi connectivity index (χ0v) is 23.6. The molecular weight excluding hydrogens is 546 g/mol. The molecule has 1 saturated carbocycles. The normalized spacial score (nSPS) is 14.8. The van der Waals surface area contributed by atoms with Crippen molar-refractivity contribution >= 4 is 43.5 Å². The van der Waals surface area contributed by atoms with Gasteiger partial charge in [-0.15, -0.1) is 0 Å². The van der Waals surface area contributed by atoms with Crippen LogP contribution in [0.1, 0.15) is 43.7 Å². The number of nitrogens with one attached hydrogen (secondary N) is 1. The molecule has 36 heavy (non-hydrogen) atoms. The van der Waals surface area contributed by atoms with Gasteiger partial charge < -0.3 is 15.0 Å². The Kier molecular flexibility index (Phi) is 9.41. The van der Waals surface area contributed by atoms with Gasteiger partial charge in [0.1, 0.15) is 18.3 Å². The van der Waals surface area contributed by atoms with Crippen LogP contribution in [0, 0.1) is 6.92 Å². The van der Waals surface area contributed by atoms with E-state index in [1.54, 1.807) is 25.1 Å². The molecule has 0 heterocycles. The minimum atomic E-state index is -3.84. The number of anilines is 1. The van der Waals surface area contributed by atoms with Crippen molar-refractivity contribution in [3.8, 4) is 5.75 Å². The molecule has 0 saturated heterocycles. The number of methoxy groups -OCH3 is 1. The van der Waals surface area contributed by atoms with Crippen LogP contribution < -0.4 is 14.4 Å². The molecule has 2 aromatic carbocycles. The van der Waals surface area contributed by atoms with Gasteiger partial charge in [-0.25, -0.2) is 8.42 Å².